The summed E-state index contributed by atoms with van der Waals surface area (Å²) in [5.74, 6) is 0.901. The van der Waals surface area contributed by atoms with Crippen LogP contribution in [0.2, 0.25) is 0 Å². The summed E-state index contributed by atoms with van der Waals surface area (Å²) in [6.07, 6.45) is 3.44. The molecule has 0 bridgehead atoms. The molecule has 1 N–H and O–H groups in total. The Hall–Kier alpha value is -1.82. The van der Waals surface area contributed by atoms with Crippen LogP contribution >= 0.6 is 22.6 Å². The second-order valence-electron chi connectivity index (χ2n) is 5.15. The highest BCUT2D eigenvalue weighted by Gasteiger charge is 2.22. The van der Waals surface area contributed by atoms with Gasteiger partial charge < -0.3 is 10.1 Å². The van der Waals surface area contributed by atoms with Gasteiger partial charge in [0.05, 0.1) is 12.8 Å². The average molecular weight is 405 g/mol. The molecule has 0 aliphatic heterocycles. The number of carbonyl (C=O) groups is 1. The topological polar surface area (TPSA) is 38.3 Å². The first kappa shape index (κ1) is 15.1. The molecule has 1 aliphatic carbocycles. The Bertz CT molecular complexity index is 753. The van der Waals surface area contributed by atoms with Crippen molar-refractivity contribution in [3.05, 3.63) is 68.9 Å². The number of Topliss-reactive ketones (excluding diaryl/α,β-unsaturated/α-hetero) is 1. The van der Waals surface area contributed by atoms with Crippen molar-refractivity contribution in [1.29, 1.82) is 0 Å². The van der Waals surface area contributed by atoms with E-state index in [9.17, 15) is 4.79 Å². The van der Waals surface area contributed by atoms with Crippen LogP contribution in [0.5, 0.6) is 5.75 Å². The minimum atomic E-state index is 0.0994. The number of hydrogen-bond donors (Lipinski definition) is 1. The molecule has 4 heteroatoms. The van der Waals surface area contributed by atoms with Crippen molar-refractivity contribution in [3.8, 4) is 5.75 Å². The molecule has 2 aromatic rings. The van der Waals surface area contributed by atoms with E-state index in [1.54, 1.807) is 7.11 Å². The van der Waals surface area contributed by atoms with Crippen molar-refractivity contribution in [1.82, 2.24) is 0 Å². The molecular weight excluding hydrogens is 389 g/mol. The van der Waals surface area contributed by atoms with E-state index in [4.69, 9.17) is 4.74 Å². The Kier molecular flexibility index (Phi) is 4.47. The maximum atomic E-state index is 12.6. The zero-order valence-electron chi connectivity index (χ0n) is 12.2. The van der Waals surface area contributed by atoms with Gasteiger partial charge >= 0.3 is 0 Å². The third-order valence-electron chi connectivity index (χ3n) is 3.79. The molecule has 0 unspecified atom stereocenters. The molecule has 0 aromatic heterocycles. The van der Waals surface area contributed by atoms with Crippen molar-refractivity contribution in [2.24, 2.45) is 0 Å². The van der Waals surface area contributed by atoms with Crippen LogP contribution in [0.3, 0.4) is 0 Å². The van der Waals surface area contributed by atoms with Crippen molar-refractivity contribution in [3.63, 3.8) is 0 Å². The summed E-state index contributed by atoms with van der Waals surface area (Å²) < 4.78 is 6.35. The smallest absolute Gasteiger partial charge is 0.190 e. The van der Waals surface area contributed by atoms with Gasteiger partial charge in [0.2, 0.25) is 0 Å². The Balaban J connectivity index is 1.83. The van der Waals surface area contributed by atoms with Crippen molar-refractivity contribution in [2.75, 3.05) is 12.4 Å². The molecule has 0 heterocycles. The normalized spacial score (nSPS) is 15.5. The Morgan fingerprint density at radius 1 is 1.18 bits per heavy atom. The molecule has 3 rings (SSSR count). The molecule has 0 saturated heterocycles. The summed E-state index contributed by atoms with van der Waals surface area (Å²) in [6, 6.07) is 13.7. The number of para-hydroxylation sites is 1. The molecule has 112 valence electrons. The predicted octanol–water partition coefficient (Wildman–Crippen LogP) is 4.42. The summed E-state index contributed by atoms with van der Waals surface area (Å²) >= 11 is 2.28. The molecular formula is C18H16INO2. The minimum absolute atomic E-state index is 0.0994. The van der Waals surface area contributed by atoms with Gasteiger partial charge in [-0.25, -0.2) is 0 Å². The summed E-state index contributed by atoms with van der Waals surface area (Å²) in [7, 11) is 1.64. The van der Waals surface area contributed by atoms with Crippen LogP contribution in [0, 0.1) is 3.57 Å². The molecule has 22 heavy (non-hydrogen) atoms. The number of aryl methyl sites for hydroxylation is 1. The van der Waals surface area contributed by atoms with Crippen molar-refractivity contribution < 1.29 is 9.53 Å². The van der Waals surface area contributed by atoms with E-state index in [0.29, 0.717) is 0 Å². The number of allylic oxidation sites excluding steroid dienone is 1. The zero-order chi connectivity index (χ0) is 15.5. The number of benzene rings is 2. The van der Waals surface area contributed by atoms with Crippen LogP contribution < -0.4 is 10.1 Å². The number of halogens is 1. The maximum Gasteiger partial charge on any atom is 0.190 e. The monoisotopic (exact) mass is 405 g/mol. The average Bonchev–Trinajstić information content (AvgIpc) is 2.55. The van der Waals surface area contributed by atoms with E-state index in [2.05, 4.69) is 27.9 Å². The summed E-state index contributed by atoms with van der Waals surface area (Å²) in [4.78, 5) is 12.6. The Morgan fingerprint density at radius 2 is 2.00 bits per heavy atom. The first-order chi connectivity index (χ1) is 10.7. The summed E-state index contributed by atoms with van der Waals surface area (Å²) in [5.41, 5.74) is 3.68. The lowest BCUT2D eigenvalue weighted by Crippen LogP contribution is -2.15. The molecule has 3 nitrogen and oxygen atoms in total. The van der Waals surface area contributed by atoms with Gasteiger partial charge in [-0.05, 0) is 71.3 Å². The number of rotatable bonds is 3. The van der Waals surface area contributed by atoms with Gasteiger partial charge in [0.1, 0.15) is 5.75 Å². The van der Waals surface area contributed by atoms with Crippen LogP contribution in [0.15, 0.2) is 54.2 Å². The van der Waals surface area contributed by atoms with Gasteiger partial charge in [0.25, 0.3) is 0 Å². The van der Waals surface area contributed by atoms with E-state index in [0.717, 1.165) is 44.5 Å². The summed E-state index contributed by atoms with van der Waals surface area (Å²) in [5, 5.41) is 3.25. The third kappa shape index (κ3) is 3.02. The van der Waals surface area contributed by atoms with E-state index >= 15 is 0 Å². The number of methoxy groups -OCH3 is 1. The number of ketones is 1. The fourth-order valence-corrected chi connectivity index (χ4v) is 3.11. The highest BCUT2D eigenvalue weighted by Crippen LogP contribution is 2.28. The number of hydrogen-bond acceptors (Lipinski definition) is 3. The van der Waals surface area contributed by atoms with E-state index in [-0.39, 0.29) is 5.78 Å². The molecule has 0 atom stereocenters. The number of anilines is 1. The largest absolute Gasteiger partial charge is 0.497 e. The first-order valence-corrected chi connectivity index (χ1v) is 8.18. The second kappa shape index (κ2) is 6.52. The summed E-state index contributed by atoms with van der Waals surface area (Å²) in [6.45, 7) is 0. The first-order valence-electron chi connectivity index (χ1n) is 7.11. The van der Waals surface area contributed by atoms with Gasteiger partial charge in [-0.3, -0.25) is 4.79 Å². The molecule has 0 radical (unpaired) electrons. The third-order valence-corrected chi connectivity index (χ3v) is 4.73. The van der Waals surface area contributed by atoms with Crippen LogP contribution in [-0.4, -0.2) is 12.9 Å². The predicted molar refractivity (Wildman–Crippen MR) is 96.5 cm³/mol. The molecule has 0 amide bonds. The van der Waals surface area contributed by atoms with Crippen LogP contribution in [0.1, 0.15) is 22.3 Å². The van der Waals surface area contributed by atoms with E-state index < -0.39 is 0 Å². The fraction of sp³-hybridized carbons (Fsp3) is 0.167. The maximum absolute atomic E-state index is 12.6. The van der Waals surface area contributed by atoms with Gasteiger partial charge in [-0.2, -0.15) is 0 Å². The number of fused-ring (bicyclic) bond motifs is 1. The molecule has 1 aliphatic rings. The van der Waals surface area contributed by atoms with Crippen molar-refractivity contribution >= 4 is 34.1 Å². The van der Waals surface area contributed by atoms with E-state index in [1.165, 1.54) is 0 Å². The lowest BCUT2D eigenvalue weighted by Gasteiger charge is -2.18. The number of carbonyl (C=O) groups excluding carboxylic acids is 1. The zero-order valence-corrected chi connectivity index (χ0v) is 14.4. The SMILES string of the molecule is COc1ccc2c(c1)CC/C(=C\Nc1ccccc1I)C2=O. The molecule has 0 fully saturated rings. The van der Waals surface area contributed by atoms with Gasteiger partial charge in [0, 0.05) is 20.9 Å². The molecule has 0 spiro atoms. The standard InChI is InChI=1S/C18H16INO2/c1-22-14-8-9-15-12(10-14)6-7-13(18(15)21)11-20-17-5-3-2-4-16(17)19/h2-5,8-11,20H,6-7H2,1H3/b13-11+. The highest BCUT2D eigenvalue weighted by atomic mass is 127. The second-order valence-corrected chi connectivity index (χ2v) is 6.31. The number of ether oxygens (including phenoxy) is 1. The Labute approximate surface area is 143 Å². The van der Waals surface area contributed by atoms with Crippen LogP contribution in [0.4, 0.5) is 5.69 Å². The quantitative estimate of drug-likeness (QED) is 0.607. The van der Waals surface area contributed by atoms with Gasteiger partial charge in [-0.15, -0.1) is 0 Å². The van der Waals surface area contributed by atoms with Crippen LogP contribution in [-0.2, 0) is 6.42 Å². The molecule has 2 aromatic carbocycles. The minimum Gasteiger partial charge on any atom is -0.497 e. The molecule has 0 saturated carbocycles. The van der Waals surface area contributed by atoms with Gasteiger partial charge in [-0.1, -0.05) is 12.1 Å². The van der Waals surface area contributed by atoms with Crippen molar-refractivity contribution in [2.45, 2.75) is 12.8 Å². The fourth-order valence-electron chi connectivity index (χ4n) is 2.56. The number of nitrogens with one attached hydrogen (secondary N) is 1. The lowest BCUT2D eigenvalue weighted by atomic mass is 9.87. The van der Waals surface area contributed by atoms with Gasteiger partial charge in [0.15, 0.2) is 5.78 Å². The Morgan fingerprint density at radius 3 is 2.77 bits per heavy atom. The van der Waals surface area contributed by atoms with Crippen LogP contribution in [0.25, 0.3) is 0 Å². The lowest BCUT2D eigenvalue weighted by molar-refractivity contribution is 0.102. The van der Waals surface area contributed by atoms with E-state index in [1.807, 2.05) is 48.7 Å². The highest BCUT2D eigenvalue weighted by molar-refractivity contribution is 14.1.